The Morgan fingerprint density at radius 1 is 1.29 bits per heavy atom. The first kappa shape index (κ1) is 19.9. The molecule has 1 atom stereocenters. The minimum absolute atomic E-state index is 0. The number of halogens is 2. The molecule has 0 bridgehead atoms. The summed E-state index contributed by atoms with van der Waals surface area (Å²) in [4.78, 5) is 11.5. The van der Waals surface area contributed by atoms with E-state index in [4.69, 9.17) is 16.3 Å². The van der Waals surface area contributed by atoms with Gasteiger partial charge < -0.3 is 10.1 Å². The number of carbonyl (C=O) groups excluding carboxylic acids is 1. The summed E-state index contributed by atoms with van der Waals surface area (Å²) in [5.41, 5.74) is 0.743. The van der Waals surface area contributed by atoms with E-state index < -0.39 is 6.04 Å². The highest BCUT2D eigenvalue weighted by atomic mass is 35.5. The van der Waals surface area contributed by atoms with Crippen LogP contribution in [0.15, 0.2) is 47.2 Å². The van der Waals surface area contributed by atoms with Gasteiger partial charge in [0.05, 0.1) is 7.11 Å². The van der Waals surface area contributed by atoms with Crippen molar-refractivity contribution >= 4 is 41.3 Å². The van der Waals surface area contributed by atoms with E-state index in [1.807, 2.05) is 48.0 Å². The van der Waals surface area contributed by atoms with E-state index >= 15 is 0 Å². The maximum absolute atomic E-state index is 11.5. The van der Waals surface area contributed by atoms with E-state index in [1.165, 1.54) is 7.11 Å². The van der Waals surface area contributed by atoms with Gasteiger partial charge in [-0.25, -0.2) is 4.79 Å². The second kappa shape index (κ2) is 11.6. The summed E-state index contributed by atoms with van der Waals surface area (Å²) < 4.78 is 4.71. The predicted molar refractivity (Wildman–Crippen MR) is 91.5 cm³/mol. The van der Waals surface area contributed by atoms with Crippen molar-refractivity contribution in [2.45, 2.75) is 13.0 Å². The van der Waals surface area contributed by atoms with Gasteiger partial charge in [0.1, 0.15) is 6.04 Å². The number of benzene rings is 1. The van der Waals surface area contributed by atoms with Gasteiger partial charge in [0, 0.05) is 5.02 Å². The molecule has 0 aliphatic carbocycles. The van der Waals surface area contributed by atoms with Crippen molar-refractivity contribution in [3.8, 4) is 0 Å². The standard InChI is InChI=1S/C11H14ClNO2.C4H4S.ClH/c1-3-13-10(11(14)15-2)8-6-4-5-7-9(8)12;1-2-4-5-3-1;/h4-7,10,13H,3H2,1-2H3;1-4H;1H. The fourth-order valence-corrected chi connectivity index (χ4v) is 2.28. The van der Waals surface area contributed by atoms with Crippen molar-refractivity contribution in [2.24, 2.45) is 0 Å². The van der Waals surface area contributed by atoms with Crippen molar-refractivity contribution in [3.05, 3.63) is 57.7 Å². The summed E-state index contributed by atoms with van der Waals surface area (Å²) in [5, 5.41) is 7.68. The molecule has 116 valence electrons. The summed E-state index contributed by atoms with van der Waals surface area (Å²) >= 11 is 7.72. The maximum Gasteiger partial charge on any atom is 0.327 e. The Kier molecular flexibility index (Phi) is 11.0. The number of ether oxygens (including phenoxy) is 1. The molecular formula is C15H19Cl2NO2S. The molecule has 0 amide bonds. The zero-order chi connectivity index (χ0) is 14.8. The quantitative estimate of drug-likeness (QED) is 0.836. The summed E-state index contributed by atoms with van der Waals surface area (Å²) in [6.45, 7) is 2.60. The van der Waals surface area contributed by atoms with Crippen LogP contribution in [0.3, 0.4) is 0 Å². The van der Waals surface area contributed by atoms with Crippen LogP contribution in [0.1, 0.15) is 18.5 Å². The summed E-state index contributed by atoms with van der Waals surface area (Å²) in [5.74, 6) is -0.329. The number of rotatable bonds is 4. The van der Waals surface area contributed by atoms with Crippen molar-refractivity contribution < 1.29 is 9.53 Å². The monoisotopic (exact) mass is 347 g/mol. The third kappa shape index (κ3) is 6.96. The van der Waals surface area contributed by atoms with Crippen LogP contribution >= 0.6 is 35.3 Å². The Hall–Kier alpha value is -1.07. The van der Waals surface area contributed by atoms with E-state index in [9.17, 15) is 4.79 Å². The van der Waals surface area contributed by atoms with E-state index in [0.29, 0.717) is 11.6 Å². The van der Waals surface area contributed by atoms with Crippen LogP contribution in [0, 0.1) is 0 Å². The van der Waals surface area contributed by atoms with Gasteiger partial charge in [-0.2, -0.15) is 11.3 Å². The number of likely N-dealkylation sites (N-methyl/N-ethyl adjacent to an activating group) is 1. The van der Waals surface area contributed by atoms with Crippen LogP contribution in [0.4, 0.5) is 0 Å². The Morgan fingerprint density at radius 3 is 2.33 bits per heavy atom. The van der Waals surface area contributed by atoms with Crippen molar-refractivity contribution in [3.63, 3.8) is 0 Å². The minimum atomic E-state index is -0.492. The lowest BCUT2D eigenvalue weighted by atomic mass is 10.1. The number of esters is 1. The lowest BCUT2D eigenvalue weighted by Crippen LogP contribution is -2.29. The van der Waals surface area contributed by atoms with Crippen molar-refractivity contribution in [1.82, 2.24) is 5.32 Å². The molecule has 0 saturated carbocycles. The molecule has 1 heterocycles. The molecule has 1 N–H and O–H groups in total. The zero-order valence-electron chi connectivity index (χ0n) is 11.9. The Balaban J connectivity index is 0.000000562. The van der Waals surface area contributed by atoms with Crippen LogP contribution < -0.4 is 5.32 Å². The highest BCUT2D eigenvalue weighted by Crippen LogP contribution is 2.23. The van der Waals surface area contributed by atoms with E-state index in [0.717, 1.165) is 5.56 Å². The average Bonchev–Trinajstić information content (AvgIpc) is 3.04. The Labute approximate surface area is 140 Å². The molecule has 2 rings (SSSR count). The first-order chi connectivity index (χ1) is 9.70. The summed E-state index contributed by atoms with van der Waals surface area (Å²) in [6.07, 6.45) is 0. The largest absolute Gasteiger partial charge is 0.468 e. The highest BCUT2D eigenvalue weighted by molar-refractivity contribution is 7.07. The fourth-order valence-electron chi connectivity index (χ4n) is 1.58. The summed E-state index contributed by atoms with van der Waals surface area (Å²) in [7, 11) is 1.36. The molecule has 0 fully saturated rings. The number of nitrogens with one attached hydrogen (secondary N) is 1. The smallest absolute Gasteiger partial charge is 0.327 e. The van der Waals surface area contributed by atoms with Crippen LogP contribution in [-0.4, -0.2) is 19.6 Å². The molecule has 0 spiro atoms. The fraction of sp³-hybridized carbons (Fsp3) is 0.267. The third-order valence-electron chi connectivity index (χ3n) is 2.49. The third-order valence-corrected chi connectivity index (χ3v) is 3.46. The van der Waals surface area contributed by atoms with Crippen molar-refractivity contribution in [1.29, 1.82) is 0 Å². The molecule has 6 heteroatoms. The number of carbonyl (C=O) groups is 1. The molecule has 1 aromatic heterocycles. The first-order valence-electron chi connectivity index (χ1n) is 6.23. The van der Waals surface area contributed by atoms with Gasteiger partial charge in [-0.3, -0.25) is 0 Å². The molecule has 1 aromatic carbocycles. The number of hydrogen-bond acceptors (Lipinski definition) is 4. The lowest BCUT2D eigenvalue weighted by molar-refractivity contribution is -0.143. The predicted octanol–water partition coefficient (Wildman–Crippen LogP) is 4.33. The first-order valence-corrected chi connectivity index (χ1v) is 7.55. The molecule has 2 aromatic rings. The molecule has 0 saturated heterocycles. The maximum atomic E-state index is 11.5. The van der Waals surface area contributed by atoms with Gasteiger partial charge in [-0.1, -0.05) is 48.9 Å². The van der Waals surface area contributed by atoms with E-state index in [1.54, 1.807) is 17.4 Å². The van der Waals surface area contributed by atoms with Crippen LogP contribution in [-0.2, 0) is 9.53 Å². The molecule has 0 radical (unpaired) electrons. The average molecular weight is 348 g/mol. The molecule has 1 unspecified atom stereocenters. The van der Waals surface area contributed by atoms with Gasteiger partial charge in [0.25, 0.3) is 0 Å². The second-order valence-corrected chi connectivity index (χ2v) is 5.05. The lowest BCUT2D eigenvalue weighted by Gasteiger charge is -2.16. The number of hydrogen-bond donors (Lipinski definition) is 1. The van der Waals surface area contributed by atoms with Crippen LogP contribution in [0.5, 0.6) is 0 Å². The van der Waals surface area contributed by atoms with Gasteiger partial charge >= 0.3 is 5.97 Å². The molecule has 21 heavy (non-hydrogen) atoms. The number of methoxy groups -OCH3 is 1. The van der Waals surface area contributed by atoms with Gasteiger partial charge in [-0.15, -0.1) is 12.4 Å². The topological polar surface area (TPSA) is 38.3 Å². The van der Waals surface area contributed by atoms with E-state index in [-0.39, 0.29) is 18.4 Å². The number of thiophene rings is 1. The molecule has 3 nitrogen and oxygen atoms in total. The van der Waals surface area contributed by atoms with Gasteiger partial charge in [0.2, 0.25) is 0 Å². The van der Waals surface area contributed by atoms with Crippen LogP contribution in [0.25, 0.3) is 0 Å². The molecular weight excluding hydrogens is 329 g/mol. The van der Waals surface area contributed by atoms with Crippen LogP contribution in [0.2, 0.25) is 5.02 Å². The van der Waals surface area contributed by atoms with Gasteiger partial charge in [-0.05, 0) is 28.9 Å². The minimum Gasteiger partial charge on any atom is -0.468 e. The zero-order valence-corrected chi connectivity index (χ0v) is 14.3. The normalized spacial score (nSPS) is 10.6. The second-order valence-electron chi connectivity index (χ2n) is 3.83. The van der Waals surface area contributed by atoms with Gasteiger partial charge in [0.15, 0.2) is 0 Å². The Morgan fingerprint density at radius 2 is 1.90 bits per heavy atom. The highest BCUT2D eigenvalue weighted by Gasteiger charge is 2.21. The van der Waals surface area contributed by atoms with Crippen molar-refractivity contribution in [2.75, 3.05) is 13.7 Å². The summed E-state index contributed by atoms with van der Waals surface area (Å²) in [6, 6.07) is 10.8. The SMILES string of the molecule is CCNC(C(=O)OC)c1ccccc1Cl.Cl.c1ccsc1. The Bertz CT molecular complexity index is 489. The molecule has 0 aliphatic heterocycles. The molecule has 0 aliphatic rings. The van der Waals surface area contributed by atoms with E-state index in [2.05, 4.69) is 5.32 Å².